The minimum absolute atomic E-state index is 0.236. The molecule has 4 rings (SSSR count). The maximum atomic E-state index is 13.3. The fourth-order valence-electron chi connectivity index (χ4n) is 3.05. The molecule has 0 aliphatic rings. The van der Waals surface area contributed by atoms with Crippen LogP contribution in [0.3, 0.4) is 0 Å². The third-order valence-electron chi connectivity index (χ3n) is 4.06. The second-order valence-electron chi connectivity index (χ2n) is 5.74. The molecule has 0 saturated heterocycles. The van der Waals surface area contributed by atoms with E-state index in [0.717, 1.165) is 27.7 Å². The van der Waals surface area contributed by atoms with Crippen LogP contribution in [0, 0.1) is 19.7 Å². The van der Waals surface area contributed by atoms with Crippen molar-refractivity contribution in [3.63, 3.8) is 0 Å². The summed E-state index contributed by atoms with van der Waals surface area (Å²) in [5.41, 5.74) is 6.38. The maximum Gasteiger partial charge on any atom is 0.123 e. The molecule has 0 spiro atoms. The number of hydrogen-bond donors (Lipinski definition) is 1. The standard InChI is InChI=1S/C19H15FN2/c1-11-7-12(2)19-15(8-11)16(10-21-19)18-5-3-13-9-14(20)4-6-17(13)22-18/h3-10,21H,1-2H3. The number of benzene rings is 2. The summed E-state index contributed by atoms with van der Waals surface area (Å²) >= 11 is 0. The monoisotopic (exact) mass is 290 g/mol. The van der Waals surface area contributed by atoms with Gasteiger partial charge in [0.15, 0.2) is 0 Å². The Balaban J connectivity index is 1.97. The highest BCUT2D eigenvalue weighted by atomic mass is 19.1. The number of nitrogens with one attached hydrogen (secondary N) is 1. The van der Waals surface area contributed by atoms with Crippen molar-refractivity contribution in [3.05, 3.63) is 65.6 Å². The van der Waals surface area contributed by atoms with Crippen molar-refractivity contribution in [1.29, 1.82) is 0 Å². The third kappa shape index (κ3) is 1.98. The molecule has 2 nitrogen and oxygen atoms in total. The Bertz CT molecular complexity index is 1010. The normalized spacial score (nSPS) is 11.4. The van der Waals surface area contributed by atoms with Crippen molar-refractivity contribution >= 4 is 21.8 Å². The molecular formula is C19H15FN2. The van der Waals surface area contributed by atoms with Gasteiger partial charge in [0, 0.05) is 28.0 Å². The molecule has 0 radical (unpaired) electrons. The topological polar surface area (TPSA) is 28.7 Å². The number of fused-ring (bicyclic) bond motifs is 2. The van der Waals surface area contributed by atoms with E-state index in [4.69, 9.17) is 0 Å². The third-order valence-corrected chi connectivity index (χ3v) is 4.06. The van der Waals surface area contributed by atoms with Crippen LogP contribution in [0.5, 0.6) is 0 Å². The first-order valence-corrected chi connectivity index (χ1v) is 7.27. The van der Waals surface area contributed by atoms with Gasteiger partial charge >= 0.3 is 0 Å². The molecule has 2 heterocycles. The van der Waals surface area contributed by atoms with E-state index in [9.17, 15) is 4.39 Å². The van der Waals surface area contributed by atoms with Gasteiger partial charge in [-0.3, -0.25) is 0 Å². The number of halogens is 1. The molecule has 2 aromatic heterocycles. The van der Waals surface area contributed by atoms with Gasteiger partial charge < -0.3 is 4.98 Å². The summed E-state index contributed by atoms with van der Waals surface area (Å²) in [4.78, 5) is 8.02. The molecule has 1 N–H and O–H groups in total. The summed E-state index contributed by atoms with van der Waals surface area (Å²) in [5.74, 6) is -0.236. The Morgan fingerprint density at radius 1 is 1.00 bits per heavy atom. The van der Waals surface area contributed by atoms with E-state index in [2.05, 4.69) is 35.9 Å². The highest BCUT2D eigenvalue weighted by molar-refractivity contribution is 5.97. The summed E-state index contributed by atoms with van der Waals surface area (Å²) in [6.45, 7) is 4.20. The van der Waals surface area contributed by atoms with Crippen LogP contribution in [0.25, 0.3) is 33.1 Å². The first-order valence-electron chi connectivity index (χ1n) is 7.27. The lowest BCUT2D eigenvalue weighted by Gasteiger charge is -2.04. The van der Waals surface area contributed by atoms with Gasteiger partial charge in [-0.15, -0.1) is 0 Å². The highest BCUT2D eigenvalue weighted by Gasteiger charge is 2.10. The molecule has 108 valence electrons. The van der Waals surface area contributed by atoms with Crippen LogP contribution < -0.4 is 0 Å². The molecule has 4 aromatic rings. The van der Waals surface area contributed by atoms with Crippen LogP contribution >= 0.6 is 0 Å². The highest BCUT2D eigenvalue weighted by Crippen LogP contribution is 2.31. The number of nitrogens with zero attached hydrogens (tertiary/aromatic N) is 1. The van der Waals surface area contributed by atoms with E-state index in [1.54, 1.807) is 6.07 Å². The molecule has 0 atom stereocenters. The molecular weight excluding hydrogens is 275 g/mol. The Kier molecular flexibility index (Phi) is 2.76. The quantitative estimate of drug-likeness (QED) is 0.516. The summed E-state index contributed by atoms with van der Waals surface area (Å²) < 4.78 is 13.3. The Morgan fingerprint density at radius 2 is 1.86 bits per heavy atom. The van der Waals surface area contributed by atoms with Gasteiger partial charge in [0.2, 0.25) is 0 Å². The van der Waals surface area contributed by atoms with Crippen LogP contribution in [0.15, 0.2) is 48.7 Å². The fourth-order valence-corrected chi connectivity index (χ4v) is 3.05. The van der Waals surface area contributed by atoms with Crippen LogP contribution in [-0.2, 0) is 0 Å². The van der Waals surface area contributed by atoms with Gasteiger partial charge in [0.1, 0.15) is 5.82 Å². The molecule has 0 amide bonds. The second-order valence-corrected chi connectivity index (χ2v) is 5.74. The number of aromatic amines is 1. The number of rotatable bonds is 1. The number of hydrogen-bond acceptors (Lipinski definition) is 1. The first-order chi connectivity index (χ1) is 10.6. The van der Waals surface area contributed by atoms with Crippen molar-refractivity contribution in [1.82, 2.24) is 9.97 Å². The molecule has 0 aliphatic carbocycles. The van der Waals surface area contributed by atoms with Crippen molar-refractivity contribution < 1.29 is 4.39 Å². The average Bonchev–Trinajstić information content (AvgIpc) is 2.90. The van der Waals surface area contributed by atoms with E-state index < -0.39 is 0 Å². The summed E-state index contributed by atoms with van der Waals surface area (Å²) in [7, 11) is 0. The van der Waals surface area contributed by atoms with Crippen molar-refractivity contribution in [2.24, 2.45) is 0 Å². The minimum atomic E-state index is -0.236. The Labute approximate surface area is 127 Å². The van der Waals surface area contributed by atoms with E-state index in [1.807, 2.05) is 18.3 Å². The largest absolute Gasteiger partial charge is 0.360 e. The molecule has 0 bridgehead atoms. The average molecular weight is 290 g/mol. The lowest BCUT2D eigenvalue weighted by molar-refractivity contribution is 0.629. The predicted molar refractivity (Wildman–Crippen MR) is 88.5 cm³/mol. The van der Waals surface area contributed by atoms with Gasteiger partial charge in [-0.25, -0.2) is 9.37 Å². The number of pyridine rings is 1. The SMILES string of the molecule is Cc1cc(C)c2[nH]cc(-c3ccc4cc(F)ccc4n3)c2c1. The fraction of sp³-hybridized carbons (Fsp3) is 0.105. The molecule has 22 heavy (non-hydrogen) atoms. The van der Waals surface area contributed by atoms with E-state index in [0.29, 0.717) is 0 Å². The summed E-state index contributed by atoms with van der Waals surface area (Å²) in [6.07, 6.45) is 1.99. The number of aryl methyl sites for hydroxylation is 2. The van der Waals surface area contributed by atoms with Crippen LogP contribution in [0.2, 0.25) is 0 Å². The van der Waals surface area contributed by atoms with Crippen LogP contribution in [0.1, 0.15) is 11.1 Å². The van der Waals surface area contributed by atoms with Gasteiger partial charge in [0.05, 0.1) is 11.2 Å². The second kappa shape index (κ2) is 4.67. The Hall–Kier alpha value is -2.68. The molecule has 2 aromatic carbocycles. The van der Waals surface area contributed by atoms with Gasteiger partial charge in [-0.2, -0.15) is 0 Å². The molecule has 0 aliphatic heterocycles. The Morgan fingerprint density at radius 3 is 2.73 bits per heavy atom. The van der Waals surface area contributed by atoms with Gasteiger partial charge in [0.25, 0.3) is 0 Å². The molecule has 0 saturated carbocycles. The predicted octanol–water partition coefficient (Wildman–Crippen LogP) is 5.14. The number of H-pyrrole nitrogens is 1. The zero-order valence-corrected chi connectivity index (χ0v) is 12.4. The summed E-state index contributed by atoms with van der Waals surface area (Å²) in [6, 6.07) is 12.9. The molecule has 3 heteroatoms. The lowest BCUT2D eigenvalue weighted by Crippen LogP contribution is -1.86. The van der Waals surface area contributed by atoms with Gasteiger partial charge in [-0.1, -0.05) is 17.7 Å². The van der Waals surface area contributed by atoms with E-state index in [1.165, 1.54) is 28.6 Å². The lowest BCUT2D eigenvalue weighted by atomic mass is 10.0. The van der Waals surface area contributed by atoms with E-state index in [-0.39, 0.29) is 5.82 Å². The van der Waals surface area contributed by atoms with Crippen molar-refractivity contribution in [2.45, 2.75) is 13.8 Å². The zero-order valence-electron chi connectivity index (χ0n) is 12.4. The summed E-state index contributed by atoms with van der Waals surface area (Å²) in [5, 5.41) is 1.99. The van der Waals surface area contributed by atoms with Gasteiger partial charge in [-0.05, 0) is 49.7 Å². The van der Waals surface area contributed by atoms with Crippen molar-refractivity contribution in [2.75, 3.05) is 0 Å². The van der Waals surface area contributed by atoms with Crippen molar-refractivity contribution in [3.8, 4) is 11.3 Å². The smallest absolute Gasteiger partial charge is 0.123 e. The molecule has 0 fully saturated rings. The van der Waals surface area contributed by atoms with Crippen LogP contribution in [0.4, 0.5) is 4.39 Å². The number of aromatic nitrogens is 2. The zero-order chi connectivity index (χ0) is 15.3. The molecule has 0 unspecified atom stereocenters. The minimum Gasteiger partial charge on any atom is -0.360 e. The first kappa shape index (κ1) is 13.0. The van der Waals surface area contributed by atoms with Crippen LogP contribution in [-0.4, -0.2) is 9.97 Å². The van der Waals surface area contributed by atoms with E-state index >= 15 is 0 Å². The maximum absolute atomic E-state index is 13.3.